The minimum atomic E-state index is -4.40. The molecule has 1 aliphatic heterocycles. The number of rotatable bonds is 6. The van der Waals surface area contributed by atoms with Gasteiger partial charge in [0.05, 0.1) is 11.8 Å². The van der Waals surface area contributed by atoms with Crippen LogP contribution >= 0.6 is 7.60 Å². The molecule has 10 heteroatoms. The van der Waals surface area contributed by atoms with E-state index < -0.39 is 44.6 Å². The van der Waals surface area contributed by atoms with Gasteiger partial charge in [-0.2, -0.15) is 0 Å². The summed E-state index contributed by atoms with van der Waals surface area (Å²) in [6.45, 7) is 0.377. The Bertz CT molecular complexity index is 448. The molecule has 0 aromatic heterocycles. The lowest BCUT2D eigenvalue weighted by atomic mass is 10.1. The van der Waals surface area contributed by atoms with E-state index in [1.54, 1.807) is 0 Å². The standard InChI is InChI=1S/C9H14FN2O6P/c1-5-8(13)12-9(14)7(11-5)2-6(3-10)18-4-19(15,16)17/h6-7H,2-4H2,1H3,(H,12,13,14)(H2,15,16,17)/t6-,7?/m1/s1. The number of imide groups is 1. The van der Waals surface area contributed by atoms with Gasteiger partial charge in [-0.25, -0.2) is 4.39 Å². The number of ether oxygens (including phenoxy) is 1. The largest absolute Gasteiger partial charge is 0.363 e. The first-order valence-corrected chi connectivity index (χ1v) is 7.14. The van der Waals surface area contributed by atoms with E-state index >= 15 is 0 Å². The number of hydrogen-bond acceptors (Lipinski definition) is 5. The molecule has 108 valence electrons. The van der Waals surface area contributed by atoms with Gasteiger partial charge in [0.25, 0.3) is 11.8 Å². The quantitative estimate of drug-likeness (QED) is 0.442. The normalized spacial score (nSPS) is 21.9. The first-order chi connectivity index (χ1) is 8.73. The zero-order valence-electron chi connectivity index (χ0n) is 10.1. The van der Waals surface area contributed by atoms with E-state index in [-0.39, 0.29) is 12.1 Å². The Morgan fingerprint density at radius 3 is 2.68 bits per heavy atom. The summed E-state index contributed by atoms with van der Waals surface area (Å²) in [4.78, 5) is 43.5. The lowest BCUT2D eigenvalue weighted by Crippen LogP contribution is -2.47. The highest BCUT2D eigenvalue weighted by molar-refractivity contribution is 7.51. The van der Waals surface area contributed by atoms with Crippen LogP contribution in [-0.2, 0) is 18.9 Å². The molecule has 19 heavy (non-hydrogen) atoms. The summed E-state index contributed by atoms with van der Waals surface area (Å²) in [5.74, 6) is -1.30. The highest BCUT2D eigenvalue weighted by Gasteiger charge is 2.30. The van der Waals surface area contributed by atoms with E-state index in [1.165, 1.54) is 6.92 Å². The lowest BCUT2D eigenvalue weighted by Gasteiger charge is -2.22. The van der Waals surface area contributed by atoms with Crippen molar-refractivity contribution in [2.24, 2.45) is 4.99 Å². The van der Waals surface area contributed by atoms with Gasteiger partial charge in [-0.1, -0.05) is 0 Å². The number of halogens is 1. The van der Waals surface area contributed by atoms with Gasteiger partial charge in [0.15, 0.2) is 0 Å². The average Bonchev–Trinajstić information content (AvgIpc) is 2.29. The summed E-state index contributed by atoms with van der Waals surface area (Å²) in [6.07, 6.45) is -2.31. The number of carbonyl (C=O) groups is 2. The third-order valence-corrected chi connectivity index (χ3v) is 2.84. The molecule has 0 saturated heterocycles. The van der Waals surface area contributed by atoms with Crippen molar-refractivity contribution in [1.29, 1.82) is 0 Å². The van der Waals surface area contributed by atoms with E-state index in [9.17, 15) is 18.5 Å². The van der Waals surface area contributed by atoms with E-state index in [4.69, 9.17) is 14.5 Å². The maximum absolute atomic E-state index is 12.7. The molecule has 0 spiro atoms. The molecule has 0 fully saturated rings. The minimum absolute atomic E-state index is 0.0807. The molecule has 8 nitrogen and oxygen atoms in total. The molecule has 2 atom stereocenters. The summed E-state index contributed by atoms with van der Waals surface area (Å²) in [7, 11) is -4.40. The molecule has 1 rings (SSSR count). The molecule has 1 heterocycles. The Hall–Kier alpha value is -1.15. The fourth-order valence-electron chi connectivity index (χ4n) is 1.42. The number of nitrogens with one attached hydrogen (secondary N) is 1. The summed E-state index contributed by atoms with van der Waals surface area (Å²) < 4.78 is 28.0. The Kier molecular flexibility index (Phi) is 5.30. The van der Waals surface area contributed by atoms with E-state index in [0.717, 1.165) is 0 Å². The van der Waals surface area contributed by atoms with Crippen LogP contribution in [-0.4, -0.2) is 52.5 Å². The fraction of sp³-hybridized carbons (Fsp3) is 0.667. The highest BCUT2D eigenvalue weighted by Crippen LogP contribution is 2.34. The first-order valence-electron chi connectivity index (χ1n) is 5.34. The third-order valence-electron chi connectivity index (χ3n) is 2.35. The molecular weight excluding hydrogens is 282 g/mol. The summed E-state index contributed by atoms with van der Waals surface area (Å²) in [5, 5.41) is 2.04. The molecule has 2 amide bonds. The zero-order valence-corrected chi connectivity index (χ0v) is 11.0. The van der Waals surface area contributed by atoms with Gasteiger partial charge in [0.1, 0.15) is 19.1 Å². The monoisotopic (exact) mass is 296 g/mol. The van der Waals surface area contributed by atoms with Crippen molar-refractivity contribution < 1.29 is 33.1 Å². The Morgan fingerprint density at radius 1 is 1.53 bits per heavy atom. The smallest absolute Gasteiger partial charge is 0.350 e. The SMILES string of the molecule is CC1=NC(C[C@H](CF)OCP(=O)(O)O)C(=O)NC1=O. The van der Waals surface area contributed by atoms with Crippen LogP contribution in [0.15, 0.2) is 4.99 Å². The van der Waals surface area contributed by atoms with Crippen molar-refractivity contribution in [3.8, 4) is 0 Å². The molecule has 1 aliphatic rings. The minimum Gasteiger partial charge on any atom is -0.363 e. The second-order valence-electron chi connectivity index (χ2n) is 4.02. The van der Waals surface area contributed by atoms with Gasteiger partial charge in [-0.3, -0.25) is 24.5 Å². The second kappa shape index (κ2) is 6.33. The van der Waals surface area contributed by atoms with Gasteiger partial charge < -0.3 is 14.5 Å². The van der Waals surface area contributed by atoms with Gasteiger partial charge in [0, 0.05) is 6.42 Å². The van der Waals surface area contributed by atoms with E-state index in [2.05, 4.69) is 4.99 Å². The predicted molar refractivity (Wildman–Crippen MR) is 62.4 cm³/mol. The van der Waals surface area contributed by atoms with Crippen molar-refractivity contribution in [2.75, 3.05) is 13.0 Å². The fourth-order valence-corrected chi connectivity index (χ4v) is 1.83. The molecule has 0 aliphatic carbocycles. The molecule has 0 bridgehead atoms. The molecular formula is C9H14FN2O6P. The van der Waals surface area contributed by atoms with Crippen LogP contribution in [0.1, 0.15) is 13.3 Å². The van der Waals surface area contributed by atoms with Crippen LogP contribution in [0.4, 0.5) is 4.39 Å². The van der Waals surface area contributed by atoms with Crippen molar-refractivity contribution in [3.05, 3.63) is 0 Å². The Labute approximate surface area is 108 Å². The van der Waals surface area contributed by atoms with Crippen LogP contribution in [0.3, 0.4) is 0 Å². The number of nitrogens with zero attached hydrogens (tertiary/aromatic N) is 1. The van der Waals surface area contributed by atoms with Crippen molar-refractivity contribution in [1.82, 2.24) is 5.32 Å². The van der Waals surface area contributed by atoms with Gasteiger partial charge in [-0.15, -0.1) is 0 Å². The molecule has 0 aromatic rings. The van der Waals surface area contributed by atoms with Crippen LogP contribution < -0.4 is 5.32 Å². The molecule has 0 radical (unpaired) electrons. The van der Waals surface area contributed by atoms with Gasteiger partial charge in [0.2, 0.25) is 0 Å². The molecule has 0 aromatic carbocycles. The number of hydrogen-bond donors (Lipinski definition) is 3. The number of alkyl halides is 1. The Balaban J connectivity index is 2.63. The van der Waals surface area contributed by atoms with Crippen LogP contribution in [0.25, 0.3) is 0 Å². The number of amides is 2. The number of aliphatic imine (C=N–C) groups is 1. The molecule has 3 N–H and O–H groups in total. The topological polar surface area (TPSA) is 125 Å². The second-order valence-corrected chi connectivity index (χ2v) is 5.61. The average molecular weight is 296 g/mol. The lowest BCUT2D eigenvalue weighted by molar-refractivity contribution is -0.129. The number of carbonyl (C=O) groups excluding carboxylic acids is 2. The summed E-state index contributed by atoms with van der Waals surface area (Å²) in [6, 6.07) is -1.00. The van der Waals surface area contributed by atoms with Crippen molar-refractivity contribution in [3.63, 3.8) is 0 Å². The predicted octanol–water partition coefficient (Wildman–Crippen LogP) is -0.648. The van der Waals surface area contributed by atoms with Gasteiger partial charge >= 0.3 is 7.60 Å². The molecule has 0 saturated carbocycles. The van der Waals surface area contributed by atoms with E-state index in [1.807, 2.05) is 5.32 Å². The van der Waals surface area contributed by atoms with Crippen molar-refractivity contribution in [2.45, 2.75) is 25.5 Å². The third kappa shape index (κ3) is 5.15. The molecule has 1 unspecified atom stereocenters. The zero-order chi connectivity index (χ0) is 14.6. The van der Waals surface area contributed by atoms with Crippen molar-refractivity contribution >= 4 is 25.1 Å². The highest BCUT2D eigenvalue weighted by atomic mass is 31.2. The van der Waals surface area contributed by atoms with Gasteiger partial charge in [-0.05, 0) is 6.92 Å². The summed E-state index contributed by atoms with van der Waals surface area (Å²) in [5.41, 5.74) is 0.0807. The Morgan fingerprint density at radius 2 is 2.16 bits per heavy atom. The van der Waals surface area contributed by atoms with E-state index in [0.29, 0.717) is 0 Å². The maximum Gasteiger partial charge on any atom is 0.350 e. The van der Waals surface area contributed by atoms with Crippen LogP contribution in [0.5, 0.6) is 0 Å². The van der Waals surface area contributed by atoms with Crippen LogP contribution in [0.2, 0.25) is 0 Å². The maximum atomic E-state index is 12.7. The summed E-state index contributed by atoms with van der Waals surface area (Å²) >= 11 is 0. The first kappa shape index (κ1) is 15.9. The van der Waals surface area contributed by atoms with Crippen LogP contribution in [0, 0.1) is 0 Å².